The minimum absolute atomic E-state index is 0.111. The van der Waals surface area contributed by atoms with E-state index in [-0.39, 0.29) is 11.9 Å². The van der Waals surface area contributed by atoms with Gasteiger partial charge in [-0.3, -0.25) is 9.59 Å². The summed E-state index contributed by atoms with van der Waals surface area (Å²) in [6, 6.07) is 9.74. The van der Waals surface area contributed by atoms with Gasteiger partial charge in [-0.05, 0) is 18.4 Å². The Bertz CT molecular complexity index is 445. The molecule has 0 heterocycles. The van der Waals surface area contributed by atoms with Crippen LogP contribution in [0.15, 0.2) is 30.3 Å². The van der Waals surface area contributed by atoms with Gasteiger partial charge in [0.05, 0.1) is 0 Å². The molecular weight excluding hydrogens is 290 g/mol. The Kier molecular flexibility index (Phi) is 10.6. The van der Waals surface area contributed by atoms with Crippen LogP contribution in [0.3, 0.4) is 0 Å². The third-order valence-electron chi connectivity index (χ3n) is 3.80. The summed E-state index contributed by atoms with van der Waals surface area (Å²) in [4.78, 5) is 22.2. The highest BCUT2D eigenvalue weighted by atomic mass is 16.5. The molecule has 128 valence electrons. The van der Waals surface area contributed by atoms with E-state index in [1.54, 1.807) is 0 Å². The van der Waals surface area contributed by atoms with Gasteiger partial charge < -0.3 is 10.5 Å². The van der Waals surface area contributed by atoms with Crippen molar-refractivity contribution in [1.29, 1.82) is 0 Å². The van der Waals surface area contributed by atoms with E-state index >= 15 is 0 Å². The predicted octanol–water partition coefficient (Wildman–Crippen LogP) is 4.12. The van der Waals surface area contributed by atoms with Gasteiger partial charge in [-0.15, -0.1) is 0 Å². The lowest BCUT2D eigenvalue weighted by atomic mass is 10.1. The number of amides is 1. The molecule has 2 N–H and O–H groups in total. The molecule has 0 aliphatic rings. The first-order chi connectivity index (χ1) is 11.2. The lowest BCUT2D eigenvalue weighted by Gasteiger charge is -2.05. The number of nitrogens with two attached hydrogens (primary N) is 1. The maximum absolute atomic E-state index is 11.6. The molecule has 0 bridgehead atoms. The summed E-state index contributed by atoms with van der Waals surface area (Å²) in [5, 5.41) is 0. The summed E-state index contributed by atoms with van der Waals surface area (Å²) in [5.41, 5.74) is 6.12. The molecule has 0 fully saturated rings. The van der Waals surface area contributed by atoms with Crippen LogP contribution in [0, 0.1) is 0 Å². The van der Waals surface area contributed by atoms with E-state index in [1.807, 2.05) is 30.3 Å². The zero-order chi connectivity index (χ0) is 16.8. The van der Waals surface area contributed by atoms with Crippen LogP contribution in [-0.4, -0.2) is 11.9 Å². The molecule has 4 nitrogen and oxygen atoms in total. The third kappa shape index (κ3) is 11.4. The standard InChI is InChI=1S/C19H29NO3/c20-18(21)14-10-5-3-1-2-4-6-11-15-19(22)23-16-17-12-8-7-9-13-17/h7-9,12-13H,1-6,10-11,14-16H2,(H2,20,21). The van der Waals surface area contributed by atoms with Crippen LogP contribution in [0.25, 0.3) is 0 Å². The van der Waals surface area contributed by atoms with Gasteiger partial charge in [-0.2, -0.15) is 0 Å². The largest absolute Gasteiger partial charge is 0.461 e. The Morgan fingerprint density at radius 2 is 1.30 bits per heavy atom. The molecule has 23 heavy (non-hydrogen) atoms. The zero-order valence-corrected chi connectivity index (χ0v) is 14.0. The molecule has 0 atom stereocenters. The Morgan fingerprint density at radius 3 is 1.87 bits per heavy atom. The zero-order valence-electron chi connectivity index (χ0n) is 14.0. The van der Waals surface area contributed by atoms with Gasteiger partial charge in [0.15, 0.2) is 0 Å². The molecule has 0 aromatic heterocycles. The van der Waals surface area contributed by atoms with E-state index in [0.29, 0.717) is 19.4 Å². The Labute approximate surface area is 139 Å². The second-order valence-corrected chi connectivity index (χ2v) is 5.94. The van der Waals surface area contributed by atoms with Gasteiger partial charge in [0, 0.05) is 12.8 Å². The minimum atomic E-state index is -0.204. The van der Waals surface area contributed by atoms with Gasteiger partial charge in [0.2, 0.25) is 5.91 Å². The average Bonchev–Trinajstić information content (AvgIpc) is 2.55. The van der Waals surface area contributed by atoms with E-state index in [4.69, 9.17) is 10.5 Å². The fraction of sp³-hybridized carbons (Fsp3) is 0.579. The molecule has 0 unspecified atom stereocenters. The maximum atomic E-state index is 11.6. The van der Waals surface area contributed by atoms with Crippen molar-refractivity contribution in [2.75, 3.05) is 0 Å². The number of ether oxygens (including phenoxy) is 1. The van der Waals surface area contributed by atoms with Crippen LogP contribution in [0.4, 0.5) is 0 Å². The maximum Gasteiger partial charge on any atom is 0.306 e. The van der Waals surface area contributed by atoms with Crippen LogP contribution in [0.2, 0.25) is 0 Å². The summed E-state index contributed by atoms with van der Waals surface area (Å²) < 4.78 is 5.24. The van der Waals surface area contributed by atoms with Gasteiger partial charge in [0.25, 0.3) is 0 Å². The lowest BCUT2D eigenvalue weighted by molar-refractivity contribution is -0.145. The van der Waals surface area contributed by atoms with E-state index in [1.165, 1.54) is 12.8 Å². The number of hydrogen-bond donors (Lipinski definition) is 1. The first-order valence-corrected chi connectivity index (χ1v) is 8.66. The lowest BCUT2D eigenvalue weighted by Crippen LogP contribution is -2.09. The second kappa shape index (κ2) is 12.7. The topological polar surface area (TPSA) is 69.4 Å². The molecule has 0 aliphatic heterocycles. The molecule has 0 spiro atoms. The van der Waals surface area contributed by atoms with Gasteiger partial charge in [-0.1, -0.05) is 68.9 Å². The number of primary amides is 1. The normalized spacial score (nSPS) is 10.4. The Morgan fingerprint density at radius 1 is 0.783 bits per heavy atom. The summed E-state index contributed by atoms with van der Waals surface area (Å²) in [7, 11) is 0. The predicted molar refractivity (Wildman–Crippen MR) is 91.6 cm³/mol. The highest BCUT2D eigenvalue weighted by Gasteiger charge is 2.03. The number of unbranched alkanes of at least 4 members (excludes halogenated alkanes) is 7. The van der Waals surface area contributed by atoms with Crippen molar-refractivity contribution in [3.63, 3.8) is 0 Å². The molecular formula is C19H29NO3. The molecule has 0 saturated carbocycles. The van der Waals surface area contributed by atoms with Crippen LogP contribution in [0.1, 0.15) is 69.8 Å². The summed E-state index contributed by atoms with van der Waals surface area (Å²) in [6.07, 6.45) is 9.66. The monoisotopic (exact) mass is 319 g/mol. The SMILES string of the molecule is NC(=O)CCCCCCCCCCC(=O)OCc1ccccc1. The van der Waals surface area contributed by atoms with Crippen molar-refractivity contribution in [3.05, 3.63) is 35.9 Å². The molecule has 1 aromatic carbocycles. The number of carbonyl (C=O) groups is 2. The number of carbonyl (C=O) groups excluding carboxylic acids is 2. The van der Waals surface area contributed by atoms with E-state index < -0.39 is 0 Å². The first-order valence-electron chi connectivity index (χ1n) is 8.66. The van der Waals surface area contributed by atoms with Crippen LogP contribution in [-0.2, 0) is 20.9 Å². The summed E-state index contributed by atoms with van der Waals surface area (Å²) >= 11 is 0. The molecule has 0 aliphatic carbocycles. The van der Waals surface area contributed by atoms with Gasteiger partial charge >= 0.3 is 5.97 Å². The second-order valence-electron chi connectivity index (χ2n) is 5.94. The summed E-state index contributed by atoms with van der Waals surface area (Å²) in [6.45, 7) is 0.366. The quantitative estimate of drug-likeness (QED) is 0.439. The Hall–Kier alpha value is -1.84. The highest BCUT2D eigenvalue weighted by Crippen LogP contribution is 2.11. The average molecular weight is 319 g/mol. The molecule has 1 aromatic rings. The first kappa shape index (κ1) is 19.2. The molecule has 4 heteroatoms. The number of hydrogen-bond acceptors (Lipinski definition) is 3. The van der Waals surface area contributed by atoms with Gasteiger partial charge in [-0.25, -0.2) is 0 Å². The highest BCUT2D eigenvalue weighted by molar-refractivity contribution is 5.73. The van der Waals surface area contributed by atoms with Crippen LogP contribution < -0.4 is 5.73 Å². The Balaban J connectivity index is 1.87. The minimum Gasteiger partial charge on any atom is -0.461 e. The smallest absolute Gasteiger partial charge is 0.306 e. The number of esters is 1. The van der Waals surface area contributed by atoms with Crippen molar-refractivity contribution in [1.82, 2.24) is 0 Å². The van der Waals surface area contributed by atoms with E-state index in [9.17, 15) is 9.59 Å². The van der Waals surface area contributed by atoms with Crippen LogP contribution >= 0.6 is 0 Å². The third-order valence-corrected chi connectivity index (χ3v) is 3.80. The van der Waals surface area contributed by atoms with Crippen LogP contribution in [0.5, 0.6) is 0 Å². The van der Waals surface area contributed by atoms with Crippen molar-refractivity contribution >= 4 is 11.9 Å². The van der Waals surface area contributed by atoms with Crippen molar-refractivity contribution < 1.29 is 14.3 Å². The van der Waals surface area contributed by atoms with Crippen molar-refractivity contribution in [2.45, 2.75) is 70.8 Å². The summed E-state index contributed by atoms with van der Waals surface area (Å²) in [5.74, 6) is -0.315. The van der Waals surface area contributed by atoms with Gasteiger partial charge in [0.1, 0.15) is 6.61 Å². The molecule has 0 saturated heterocycles. The number of rotatable bonds is 13. The van der Waals surface area contributed by atoms with E-state index in [2.05, 4.69) is 0 Å². The van der Waals surface area contributed by atoms with Crippen molar-refractivity contribution in [2.24, 2.45) is 5.73 Å². The molecule has 1 rings (SSSR count). The molecule has 0 radical (unpaired) electrons. The fourth-order valence-electron chi connectivity index (χ4n) is 2.44. The van der Waals surface area contributed by atoms with Crippen molar-refractivity contribution in [3.8, 4) is 0 Å². The number of benzene rings is 1. The fourth-order valence-corrected chi connectivity index (χ4v) is 2.44. The van der Waals surface area contributed by atoms with E-state index in [0.717, 1.165) is 44.1 Å². The molecule has 1 amide bonds.